The van der Waals surface area contributed by atoms with E-state index in [1.165, 1.54) is 62.9 Å². The molecule has 2 nitrogen and oxygen atoms in total. The summed E-state index contributed by atoms with van der Waals surface area (Å²) in [4.78, 5) is 0. The van der Waals surface area contributed by atoms with Gasteiger partial charge in [0.2, 0.25) is 0 Å². The second-order valence-electron chi connectivity index (χ2n) is 6.13. The predicted octanol–water partition coefficient (Wildman–Crippen LogP) is 1.86. The molecule has 1 N–H and O–H groups in total. The van der Waals surface area contributed by atoms with Crippen LogP contribution in [0.2, 0.25) is 0 Å². The fourth-order valence-corrected chi connectivity index (χ4v) is 3.25. The highest BCUT2D eigenvalue weighted by Gasteiger charge is 2.30. The lowest BCUT2D eigenvalue weighted by atomic mass is 9.82. The van der Waals surface area contributed by atoms with E-state index in [0.717, 1.165) is 11.8 Å². The summed E-state index contributed by atoms with van der Waals surface area (Å²) >= 11 is 0. The van der Waals surface area contributed by atoms with Crippen LogP contribution in [0.5, 0.6) is 0 Å². The predicted molar refractivity (Wildman–Crippen MR) is 64.8 cm³/mol. The molecule has 0 aromatic rings. The molecule has 1 heterocycles. The molecule has 2 heteroatoms. The molecule has 1 saturated carbocycles. The first-order chi connectivity index (χ1) is 7.18. The van der Waals surface area contributed by atoms with Crippen LogP contribution in [0, 0.1) is 11.8 Å². The van der Waals surface area contributed by atoms with Crippen LogP contribution in [-0.4, -0.2) is 44.3 Å². The molecule has 15 heavy (non-hydrogen) atoms. The Hall–Kier alpha value is -0.0800. The van der Waals surface area contributed by atoms with E-state index in [0.29, 0.717) is 0 Å². The van der Waals surface area contributed by atoms with Crippen LogP contribution < -0.4 is 5.32 Å². The number of likely N-dealkylation sites (N-methyl/N-ethyl adjacent to an activating group) is 1. The molecule has 0 aromatic heterocycles. The number of nitrogens with zero attached hydrogens (tertiary/aromatic N) is 1. The van der Waals surface area contributed by atoms with Crippen molar-refractivity contribution in [2.75, 3.05) is 39.8 Å². The standard InChI is InChI=1S/C13H27N2/c1-12-3-5-13(6-4-12)11-15(2)9-7-14-8-10-15/h12-14H,3-11H2,1-2H3/q+1. The van der Waals surface area contributed by atoms with Crippen molar-refractivity contribution in [3.05, 3.63) is 0 Å². The van der Waals surface area contributed by atoms with Crippen molar-refractivity contribution in [3.63, 3.8) is 0 Å². The average Bonchev–Trinajstić information content (AvgIpc) is 2.22. The van der Waals surface area contributed by atoms with E-state index >= 15 is 0 Å². The number of piperazine rings is 1. The Morgan fingerprint density at radius 2 is 1.67 bits per heavy atom. The van der Waals surface area contributed by atoms with E-state index in [9.17, 15) is 0 Å². The van der Waals surface area contributed by atoms with Crippen LogP contribution in [0.15, 0.2) is 0 Å². The highest BCUT2D eigenvalue weighted by atomic mass is 15.4. The zero-order valence-electron chi connectivity index (χ0n) is 10.5. The van der Waals surface area contributed by atoms with Crippen LogP contribution in [0.25, 0.3) is 0 Å². The minimum absolute atomic E-state index is 0.995. The van der Waals surface area contributed by atoms with Crippen LogP contribution in [-0.2, 0) is 0 Å². The van der Waals surface area contributed by atoms with Gasteiger partial charge in [-0.05, 0) is 18.8 Å². The van der Waals surface area contributed by atoms with Gasteiger partial charge in [0.25, 0.3) is 0 Å². The Labute approximate surface area is 94.6 Å². The van der Waals surface area contributed by atoms with Gasteiger partial charge in [-0.25, -0.2) is 0 Å². The fourth-order valence-electron chi connectivity index (χ4n) is 3.25. The zero-order chi connectivity index (χ0) is 10.7. The minimum Gasteiger partial charge on any atom is -0.324 e. The van der Waals surface area contributed by atoms with E-state index < -0.39 is 0 Å². The maximum atomic E-state index is 3.47. The molecule has 0 amide bonds. The molecule has 0 atom stereocenters. The van der Waals surface area contributed by atoms with Gasteiger partial charge in [0.1, 0.15) is 0 Å². The van der Waals surface area contributed by atoms with Gasteiger partial charge in [0.15, 0.2) is 0 Å². The SMILES string of the molecule is CC1CCC(C[N+]2(C)CCNCC2)CC1. The van der Waals surface area contributed by atoms with Crippen molar-refractivity contribution >= 4 is 0 Å². The van der Waals surface area contributed by atoms with Gasteiger partial charge in [-0.3, -0.25) is 0 Å². The van der Waals surface area contributed by atoms with Crippen molar-refractivity contribution in [1.29, 1.82) is 0 Å². The monoisotopic (exact) mass is 211 g/mol. The van der Waals surface area contributed by atoms with Crippen LogP contribution >= 0.6 is 0 Å². The maximum absolute atomic E-state index is 3.47. The Morgan fingerprint density at radius 3 is 2.27 bits per heavy atom. The molecule has 0 radical (unpaired) electrons. The summed E-state index contributed by atoms with van der Waals surface area (Å²) in [5.74, 6) is 2.01. The molecule has 0 unspecified atom stereocenters. The average molecular weight is 211 g/mol. The molecule has 0 aromatic carbocycles. The molecule has 0 bridgehead atoms. The third-order valence-electron chi connectivity index (χ3n) is 4.49. The van der Waals surface area contributed by atoms with Crippen molar-refractivity contribution in [2.24, 2.45) is 11.8 Å². The lowest BCUT2D eigenvalue weighted by Crippen LogP contribution is -2.57. The number of quaternary nitrogens is 1. The molecule has 88 valence electrons. The molecule has 2 fully saturated rings. The topological polar surface area (TPSA) is 12.0 Å². The molecule has 2 aliphatic rings. The number of hydrogen-bond acceptors (Lipinski definition) is 1. The number of rotatable bonds is 2. The molecular weight excluding hydrogens is 184 g/mol. The van der Waals surface area contributed by atoms with Crippen LogP contribution in [0.3, 0.4) is 0 Å². The smallest absolute Gasteiger partial charge is 0.0911 e. The first-order valence-corrected chi connectivity index (χ1v) is 6.72. The Balaban J connectivity index is 1.80. The van der Waals surface area contributed by atoms with Crippen LogP contribution in [0.4, 0.5) is 0 Å². The largest absolute Gasteiger partial charge is 0.324 e. The van der Waals surface area contributed by atoms with E-state index in [4.69, 9.17) is 0 Å². The second-order valence-corrected chi connectivity index (χ2v) is 6.13. The first-order valence-electron chi connectivity index (χ1n) is 6.72. The zero-order valence-corrected chi connectivity index (χ0v) is 10.5. The quantitative estimate of drug-likeness (QED) is 0.688. The van der Waals surface area contributed by atoms with E-state index in [1.54, 1.807) is 0 Å². The summed E-state index contributed by atoms with van der Waals surface area (Å²) in [5.41, 5.74) is 0. The number of hydrogen-bond donors (Lipinski definition) is 1. The van der Waals surface area contributed by atoms with Crippen molar-refractivity contribution < 1.29 is 4.48 Å². The highest BCUT2D eigenvalue weighted by Crippen LogP contribution is 2.30. The van der Waals surface area contributed by atoms with Gasteiger partial charge in [-0.15, -0.1) is 0 Å². The van der Waals surface area contributed by atoms with E-state index in [1.807, 2.05) is 0 Å². The molecule has 2 rings (SSSR count). The van der Waals surface area contributed by atoms with Crippen molar-refractivity contribution in [2.45, 2.75) is 32.6 Å². The van der Waals surface area contributed by atoms with Gasteiger partial charge < -0.3 is 9.80 Å². The van der Waals surface area contributed by atoms with Gasteiger partial charge >= 0.3 is 0 Å². The van der Waals surface area contributed by atoms with Crippen molar-refractivity contribution in [1.82, 2.24) is 5.32 Å². The second kappa shape index (κ2) is 4.84. The van der Waals surface area contributed by atoms with Gasteiger partial charge in [0, 0.05) is 19.0 Å². The summed E-state index contributed by atoms with van der Waals surface area (Å²) in [6.45, 7) is 8.98. The summed E-state index contributed by atoms with van der Waals surface area (Å²) in [5, 5.41) is 3.47. The molecule has 1 aliphatic heterocycles. The molecule has 1 aliphatic carbocycles. The van der Waals surface area contributed by atoms with Gasteiger partial charge in [0.05, 0.1) is 26.7 Å². The molecule has 1 saturated heterocycles. The Morgan fingerprint density at radius 1 is 1.07 bits per heavy atom. The summed E-state index contributed by atoms with van der Waals surface area (Å²) in [6.07, 6.45) is 5.93. The van der Waals surface area contributed by atoms with E-state index in [2.05, 4.69) is 19.3 Å². The van der Waals surface area contributed by atoms with Crippen molar-refractivity contribution in [3.8, 4) is 0 Å². The normalized spacial score (nSPS) is 36.4. The van der Waals surface area contributed by atoms with Gasteiger partial charge in [-0.1, -0.05) is 19.8 Å². The Bertz CT molecular complexity index is 189. The Kier molecular flexibility index (Phi) is 3.68. The van der Waals surface area contributed by atoms with Crippen LogP contribution in [0.1, 0.15) is 32.6 Å². The lowest BCUT2D eigenvalue weighted by Gasteiger charge is -2.41. The summed E-state index contributed by atoms with van der Waals surface area (Å²) in [7, 11) is 2.46. The fraction of sp³-hybridized carbons (Fsp3) is 1.00. The summed E-state index contributed by atoms with van der Waals surface area (Å²) < 4.78 is 1.33. The lowest BCUT2D eigenvalue weighted by molar-refractivity contribution is -0.914. The number of nitrogens with one attached hydrogen (secondary N) is 1. The highest BCUT2D eigenvalue weighted by molar-refractivity contribution is 4.70. The minimum atomic E-state index is 0.995. The molecule has 0 spiro atoms. The summed E-state index contributed by atoms with van der Waals surface area (Å²) in [6, 6.07) is 0. The molecular formula is C13H27N2+. The third kappa shape index (κ3) is 3.18. The maximum Gasteiger partial charge on any atom is 0.0911 e. The van der Waals surface area contributed by atoms with E-state index in [-0.39, 0.29) is 0 Å². The first kappa shape index (κ1) is 11.4. The van der Waals surface area contributed by atoms with Gasteiger partial charge in [-0.2, -0.15) is 0 Å². The third-order valence-corrected chi connectivity index (χ3v) is 4.49.